The van der Waals surface area contributed by atoms with Crippen molar-refractivity contribution in [2.24, 2.45) is 5.92 Å². The Hall–Kier alpha value is -0.540. The van der Waals surface area contributed by atoms with Crippen LogP contribution in [0.2, 0.25) is 0 Å². The minimum Gasteiger partial charge on any atom is -0.378 e. The van der Waals surface area contributed by atoms with Gasteiger partial charge in [-0.25, -0.2) is 0 Å². The summed E-state index contributed by atoms with van der Waals surface area (Å²) in [6.45, 7) is 7.46. The maximum absolute atomic E-state index is 5.40. The molecule has 0 bridgehead atoms. The third-order valence-electron chi connectivity index (χ3n) is 2.99. The third kappa shape index (κ3) is 3.21. The van der Waals surface area contributed by atoms with E-state index in [4.69, 9.17) is 9.47 Å². The molecule has 0 atom stereocenters. The van der Waals surface area contributed by atoms with E-state index in [0.29, 0.717) is 0 Å². The van der Waals surface area contributed by atoms with Crippen molar-refractivity contribution < 1.29 is 9.47 Å². The molecule has 0 unspecified atom stereocenters. The van der Waals surface area contributed by atoms with E-state index in [-0.39, 0.29) is 0 Å². The quantitative estimate of drug-likeness (QED) is 0.645. The van der Waals surface area contributed by atoms with Crippen LogP contribution in [-0.2, 0) is 9.47 Å². The summed E-state index contributed by atoms with van der Waals surface area (Å²) in [5.74, 6) is 0.809. The average molecular weight is 211 g/mol. The Morgan fingerprint density at radius 1 is 1.40 bits per heavy atom. The fraction of sp³-hybridized carbons (Fsp3) is 0.833. The monoisotopic (exact) mass is 211 g/mol. The zero-order chi connectivity index (χ0) is 10.5. The summed E-state index contributed by atoms with van der Waals surface area (Å²) in [5.41, 5.74) is 1.51. The van der Waals surface area contributed by atoms with Gasteiger partial charge in [0.2, 0.25) is 0 Å². The van der Waals surface area contributed by atoms with Gasteiger partial charge in [0.05, 0.1) is 19.8 Å². The number of hydrogen-bond acceptors (Lipinski definition) is 3. The average Bonchev–Trinajstić information content (AvgIpc) is 3.10. The highest BCUT2D eigenvalue weighted by Gasteiger charge is 2.29. The van der Waals surface area contributed by atoms with Crippen molar-refractivity contribution in [3.63, 3.8) is 0 Å². The second-order valence-electron chi connectivity index (χ2n) is 4.16. The Labute approximate surface area is 92.0 Å². The number of ether oxygens (including phenoxy) is 2. The molecule has 0 spiro atoms. The van der Waals surface area contributed by atoms with E-state index in [1.54, 1.807) is 0 Å². The van der Waals surface area contributed by atoms with Crippen LogP contribution >= 0.6 is 0 Å². The SMILES string of the molecule is CCOC/C=C(\C1CC1)N1CCOCC1. The van der Waals surface area contributed by atoms with Crippen LogP contribution in [0.25, 0.3) is 0 Å². The molecule has 1 aliphatic heterocycles. The van der Waals surface area contributed by atoms with Gasteiger partial charge < -0.3 is 14.4 Å². The summed E-state index contributed by atoms with van der Waals surface area (Å²) in [4.78, 5) is 2.47. The van der Waals surface area contributed by atoms with Crippen LogP contribution < -0.4 is 0 Å². The van der Waals surface area contributed by atoms with E-state index in [1.807, 2.05) is 6.92 Å². The molecule has 0 aromatic heterocycles. The number of allylic oxidation sites excluding steroid dienone is 1. The predicted octanol–water partition coefficient (Wildman–Crippen LogP) is 1.65. The molecule has 15 heavy (non-hydrogen) atoms. The summed E-state index contributed by atoms with van der Waals surface area (Å²) in [5, 5.41) is 0. The van der Waals surface area contributed by atoms with Crippen molar-refractivity contribution in [2.45, 2.75) is 19.8 Å². The predicted molar refractivity (Wildman–Crippen MR) is 59.7 cm³/mol. The molecule has 1 saturated carbocycles. The maximum atomic E-state index is 5.40. The van der Waals surface area contributed by atoms with E-state index in [9.17, 15) is 0 Å². The number of nitrogens with zero attached hydrogens (tertiary/aromatic N) is 1. The highest BCUT2D eigenvalue weighted by Crippen LogP contribution is 2.38. The molecule has 1 saturated heterocycles. The Balaban J connectivity index is 1.89. The minimum atomic E-state index is 0.764. The van der Waals surface area contributed by atoms with Crippen molar-refractivity contribution in [2.75, 3.05) is 39.5 Å². The first-order valence-electron chi connectivity index (χ1n) is 6.02. The number of rotatable bonds is 5. The maximum Gasteiger partial charge on any atom is 0.0666 e. The topological polar surface area (TPSA) is 21.7 Å². The molecule has 0 amide bonds. The first-order valence-corrected chi connectivity index (χ1v) is 6.02. The van der Waals surface area contributed by atoms with Gasteiger partial charge in [-0.05, 0) is 31.8 Å². The van der Waals surface area contributed by atoms with Crippen LogP contribution in [0.15, 0.2) is 11.8 Å². The van der Waals surface area contributed by atoms with Crippen LogP contribution in [0.1, 0.15) is 19.8 Å². The lowest BCUT2D eigenvalue weighted by atomic mass is 10.2. The summed E-state index contributed by atoms with van der Waals surface area (Å²) in [6, 6.07) is 0. The van der Waals surface area contributed by atoms with Crippen molar-refractivity contribution >= 4 is 0 Å². The Bertz CT molecular complexity index is 218. The van der Waals surface area contributed by atoms with Crippen molar-refractivity contribution in [1.29, 1.82) is 0 Å². The zero-order valence-electron chi connectivity index (χ0n) is 9.58. The molecule has 3 nitrogen and oxygen atoms in total. The van der Waals surface area contributed by atoms with Gasteiger partial charge in [0.25, 0.3) is 0 Å². The van der Waals surface area contributed by atoms with Crippen LogP contribution in [0, 0.1) is 5.92 Å². The van der Waals surface area contributed by atoms with E-state index in [2.05, 4.69) is 11.0 Å². The Kier molecular flexibility index (Phi) is 4.03. The van der Waals surface area contributed by atoms with Crippen molar-refractivity contribution in [3.05, 3.63) is 11.8 Å². The van der Waals surface area contributed by atoms with Crippen LogP contribution in [-0.4, -0.2) is 44.4 Å². The molecule has 1 heterocycles. The van der Waals surface area contributed by atoms with E-state index in [1.165, 1.54) is 18.5 Å². The van der Waals surface area contributed by atoms with Crippen LogP contribution in [0.3, 0.4) is 0 Å². The van der Waals surface area contributed by atoms with Gasteiger partial charge in [0, 0.05) is 25.4 Å². The van der Waals surface area contributed by atoms with Gasteiger partial charge in [-0.1, -0.05) is 0 Å². The highest BCUT2D eigenvalue weighted by molar-refractivity contribution is 5.12. The summed E-state index contributed by atoms with van der Waals surface area (Å²) < 4.78 is 10.8. The Morgan fingerprint density at radius 3 is 2.73 bits per heavy atom. The number of morpholine rings is 1. The molecule has 0 aromatic rings. The number of hydrogen-bond donors (Lipinski definition) is 0. The molecule has 1 aliphatic carbocycles. The summed E-state index contributed by atoms with van der Waals surface area (Å²) in [7, 11) is 0. The van der Waals surface area contributed by atoms with Crippen molar-refractivity contribution in [1.82, 2.24) is 4.90 Å². The third-order valence-corrected chi connectivity index (χ3v) is 2.99. The molecular formula is C12H21NO2. The van der Waals surface area contributed by atoms with Crippen LogP contribution in [0.4, 0.5) is 0 Å². The molecule has 2 rings (SSSR count). The molecule has 3 heteroatoms. The fourth-order valence-electron chi connectivity index (χ4n) is 2.02. The van der Waals surface area contributed by atoms with Gasteiger partial charge in [0.15, 0.2) is 0 Å². The first kappa shape index (κ1) is 11.0. The Morgan fingerprint density at radius 2 is 2.13 bits per heavy atom. The fourth-order valence-corrected chi connectivity index (χ4v) is 2.02. The largest absolute Gasteiger partial charge is 0.378 e. The second kappa shape index (κ2) is 5.52. The lowest BCUT2D eigenvalue weighted by Gasteiger charge is -2.31. The smallest absolute Gasteiger partial charge is 0.0666 e. The van der Waals surface area contributed by atoms with Gasteiger partial charge in [0.1, 0.15) is 0 Å². The highest BCUT2D eigenvalue weighted by atomic mass is 16.5. The standard InChI is InChI=1S/C12H21NO2/c1-2-14-8-5-12(11-3-4-11)13-6-9-15-10-7-13/h5,11H,2-4,6-10H2,1H3/b12-5+. The van der Waals surface area contributed by atoms with Gasteiger partial charge >= 0.3 is 0 Å². The van der Waals surface area contributed by atoms with E-state index >= 15 is 0 Å². The molecule has 86 valence electrons. The van der Waals surface area contributed by atoms with E-state index < -0.39 is 0 Å². The second-order valence-corrected chi connectivity index (χ2v) is 4.16. The molecule has 2 fully saturated rings. The molecule has 0 aromatic carbocycles. The van der Waals surface area contributed by atoms with Gasteiger partial charge in [-0.2, -0.15) is 0 Å². The normalized spacial score (nSPS) is 23.3. The van der Waals surface area contributed by atoms with E-state index in [0.717, 1.165) is 45.4 Å². The molecule has 0 radical (unpaired) electrons. The van der Waals surface area contributed by atoms with Crippen LogP contribution in [0.5, 0.6) is 0 Å². The van der Waals surface area contributed by atoms with Gasteiger partial charge in [-0.15, -0.1) is 0 Å². The minimum absolute atomic E-state index is 0.764. The first-order chi connectivity index (χ1) is 7.42. The van der Waals surface area contributed by atoms with Crippen molar-refractivity contribution in [3.8, 4) is 0 Å². The summed E-state index contributed by atoms with van der Waals surface area (Å²) in [6.07, 6.45) is 4.98. The molecule has 2 aliphatic rings. The van der Waals surface area contributed by atoms with Gasteiger partial charge in [-0.3, -0.25) is 0 Å². The molecular weight excluding hydrogens is 190 g/mol. The summed E-state index contributed by atoms with van der Waals surface area (Å²) >= 11 is 0. The lowest BCUT2D eigenvalue weighted by Crippen LogP contribution is -2.36. The molecule has 0 N–H and O–H groups in total. The lowest BCUT2D eigenvalue weighted by molar-refractivity contribution is 0.0504. The zero-order valence-corrected chi connectivity index (χ0v) is 9.58.